The predicted octanol–water partition coefficient (Wildman–Crippen LogP) is 2.25. The predicted molar refractivity (Wildman–Crippen MR) is 74.6 cm³/mol. The van der Waals surface area contributed by atoms with Crippen molar-refractivity contribution in [3.8, 4) is 5.75 Å². The average Bonchev–Trinajstić information content (AvgIpc) is 2.40. The number of hydrogen-bond donors (Lipinski definition) is 1. The molecule has 0 amide bonds. The third-order valence-electron chi connectivity index (χ3n) is 3.96. The van der Waals surface area contributed by atoms with Gasteiger partial charge in [0.05, 0.1) is 7.11 Å². The molecule has 100 valence electrons. The number of nitrogens with zero attached hydrogens (tertiary/aromatic N) is 1. The van der Waals surface area contributed by atoms with Crippen LogP contribution in [0.4, 0.5) is 0 Å². The zero-order chi connectivity index (χ0) is 13.0. The maximum absolute atomic E-state index is 5.97. The molecule has 0 radical (unpaired) electrons. The Kier molecular flexibility index (Phi) is 4.61. The van der Waals surface area contributed by atoms with Crippen LogP contribution in [-0.4, -0.2) is 31.1 Å². The van der Waals surface area contributed by atoms with E-state index in [4.69, 9.17) is 10.5 Å². The van der Waals surface area contributed by atoms with Crippen molar-refractivity contribution in [3.63, 3.8) is 0 Å². The molecule has 1 heterocycles. The standard InChI is InChI=1S/C15H24N2O/c1-12(16)13-7-9-17(10-8-13)11-14-5-3-4-6-15(14)18-2/h3-6,12-13H,7-11,16H2,1-2H3. The summed E-state index contributed by atoms with van der Waals surface area (Å²) < 4.78 is 5.40. The third kappa shape index (κ3) is 3.24. The highest BCUT2D eigenvalue weighted by Crippen LogP contribution is 2.24. The minimum atomic E-state index is 0.332. The number of likely N-dealkylation sites (tertiary alicyclic amines) is 1. The summed E-state index contributed by atoms with van der Waals surface area (Å²) in [6, 6.07) is 8.61. The minimum absolute atomic E-state index is 0.332. The fourth-order valence-corrected chi connectivity index (χ4v) is 2.71. The van der Waals surface area contributed by atoms with E-state index < -0.39 is 0 Å². The molecule has 0 aliphatic carbocycles. The van der Waals surface area contributed by atoms with Crippen molar-refractivity contribution in [2.75, 3.05) is 20.2 Å². The number of methoxy groups -OCH3 is 1. The highest BCUT2D eigenvalue weighted by molar-refractivity contribution is 5.33. The van der Waals surface area contributed by atoms with Crippen LogP contribution < -0.4 is 10.5 Å². The molecule has 1 fully saturated rings. The fourth-order valence-electron chi connectivity index (χ4n) is 2.71. The van der Waals surface area contributed by atoms with Gasteiger partial charge in [-0.25, -0.2) is 0 Å². The second-order valence-electron chi connectivity index (χ2n) is 5.28. The van der Waals surface area contributed by atoms with E-state index in [1.807, 2.05) is 12.1 Å². The second kappa shape index (κ2) is 6.21. The van der Waals surface area contributed by atoms with Crippen LogP contribution in [0, 0.1) is 5.92 Å². The summed E-state index contributed by atoms with van der Waals surface area (Å²) in [5.74, 6) is 1.69. The monoisotopic (exact) mass is 248 g/mol. The van der Waals surface area contributed by atoms with Gasteiger partial charge in [-0.3, -0.25) is 4.90 Å². The number of para-hydroxylation sites is 1. The molecule has 3 nitrogen and oxygen atoms in total. The lowest BCUT2D eigenvalue weighted by molar-refractivity contribution is 0.164. The first kappa shape index (κ1) is 13.4. The van der Waals surface area contributed by atoms with Crippen molar-refractivity contribution in [3.05, 3.63) is 29.8 Å². The topological polar surface area (TPSA) is 38.5 Å². The van der Waals surface area contributed by atoms with Gasteiger partial charge < -0.3 is 10.5 Å². The highest BCUT2D eigenvalue weighted by atomic mass is 16.5. The smallest absolute Gasteiger partial charge is 0.123 e. The maximum atomic E-state index is 5.97. The maximum Gasteiger partial charge on any atom is 0.123 e. The van der Waals surface area contributed by atoms with Gasteiger partial charge >= 0.3 is 0 Å². The normalized spacial score (nSPS) is 19.7. The van der Waals surface area contributed by atoms with Crippen molar-refractivity contribution >= 4 is 0 Å². The van der Waals surface area contributed by atoms with Crippen LogP contribution in [0.2, 0.25) is 0 Å². The number of benzene rings is 1. The summed E-state index contributed by atoms with van der Waals surface area (Å²) >= 11 is 0. The molecule has 1 saturated heterocycles. The Hall–Kier alpha value is -1.06. The van der Waals surface area contributed by atoms with Crippen molar-refractivity contribution in [2.45, 2.75) is 32.4 Å². The largest absolute Gasteiger partial charge is 0.496 e. The Morgan fingerprint density at radius 2 is 2.00 bits per heavy atom. The van der Waals surface area contributed by atoms with Gasteiger partial charge in [-0.15, -0.1) is 0 Å². The van der Waals surface area contributed by atoms with Crippen LogP contribution in [-0.2, 0) is 6.54 Å². The summed E-state index contributed by atoms with van der Waals surface area (Å²) in [5, 5.41) is 0. The first-order chi connectivity index (χ1) is 8.70. The van der Waals surface area contributed by atoms with Crippen LogP contribution in [0.3, 0.4) is 0 Å². The molecular formula is C15H24N2O. The number of nitrogens with two attached hydrogens (primary N) is 1. The zero-order valence-electron chi connectivity index (χ0n) is 11.4. The molecule has 3 heteroatoms. The van der Waals surface area contributed by atoms with E-state index in [9.17, 15) is 0 Å². The molecule has 2 rings (SSSR count). The van der Waals surface area contributed by atoms with Crippen LogP contribution in [0.5, 0.6) is 5.75 Å². The highest BCUT2D eigenvalue weighted by Gasteiger charge is 2.22. The summed E-state index contributed by atoms with van der Waals surface area (Å²) in [4.78, 5) is 2.50. The number of piperidine rings is 1. The summed E-state index contributed by atoms with van der Waals surface area (Å²) in [6.07, 6.45) is 2.43. The molecule has 1 aromatic carbocycles. The molecule has 1 atom stereocenters. The molecule has 2 N–H and O–H groups in total. The van der Waals surface area contributed by atoms with E-state index in [0.29, 0.717) is 12.0 Å². The molecule has 0 aromatic heterocycles. The van der Waals surface area contributed by atoms with E-state index >= 15 is 0 Å². The molecule has 0 bridgehead atoms. The van der Waals surface area contributed by atoms with E-state index in [1.54, 1.807) is 7.11 Å². The summed E-state index contributed by atoms with van der Waals surface area (Å²) in [5.41, 5.74) is 7.25. The first-order valence-electron chi connectivity index (χ1n) is 6.80. The molecule has 1 aliphatic rings. The van der Waals surface area contributed by atoms with Gasteiger partial charge in [0.1, 0.15) is 5.75 Å². The van der Waals surface area contributed by atoms with Crippen LogP contribution in [0.25, 0.3) is 0 Å². The van der Waals surface area contributed by atoms with Crippen LogP contribution in [0.15, 0.2) is 24.3 Å². The van der Waals surface area contributed by atoms with Crippen LogP contribution in [0.1, 0.15) is 25.3 Å². The molecule has 0 spiro atoms. The van der Waals surface area contributed by atoms with Gasteiger partial charge in [-0.1, -0.05) is 18.2 Å². The van der Waals surface area contributed by atoms with Gasteiger partial charge in [0, 0.05) is 18.2 Å². The Morgan fingerprint density at radius 1 is 1.33 bits per heavy atom. The zero-order valence-corrected chi connectivity index (χ0v) is 11.4. The van der Waals surface area contributed by atoms with Gasteiger partial charge in [-0.2, -0.15) is 0 Å². The SMILES string of the molecule is COc1ccccc1CN1CCC(C(C)N)CC1. The first-order valence-corrected chi connectivity index (χ1v) is 6.80. The quantitative estimate of drug-likeness (QED) is 0.888. The van der Waals surface area contributed by atoms with Gasteiger partial charge in [0.15, 0.2) is 0 Å². The molecule has 18 heavy (non-hydrogen) atoms. The summed E-state index contributed by atoms with van der Waals surface area (Å²) in [6.45, 7) is 5.39. The van der Waals surface area contributed by atoms with E-state index in [1.165, 1.54) is 18.4 Å². The van der Waals surface area contributed by atoms with Crippen molar-refractivity contribution in [1.29, 1.82) is 0 Å². The third-order valence-corrected chi connectivity index (χ3v) is 3.96. The Bertz CT molecular complexity index is 371. The van der Waals surface area contributed by atoms with Crippen molar-refractivity contribution in [2.24, 2.45) is 11.7 Å². The lowest BCUT2D eigenvalue weighted by Gasteiger charge is -2.33. The summed E-state index contributed by atoms with van der Waals surface area (Å²) in [7, 11) is 1.74. The second-order valence-corrected chi connectivity index (χ2v) is 5.28. The lowest BCUT2D eigenvalue weighted by atomic mass is 9.91. The molecule has 1 unspecified atom stereocenters. The van der Waals surface area contributed by atoms with Crippen molar-refractivity contribution in [1.82, 2.24) is 4.90 Å². The van der Waals surface area contributed by atoms with Gasteiger partial charge in [0.25, 0.3) is 0 Å². The molecule has 1 aromatic rings. The van der Waals surface area contributed by atoms with Gasteiger partial charge in [0.2, 0.25) is 0 Å². The van der Waals surface area contributed by atoms with Gasteiger partial charge in [-0.05, 0) is 44.8 Å². The minimum Gasteiger partial charge on any atom is -0.496 e. The number of rotatable bonds is 4. The average molecular weight is 248 g/mol. The number of ether oxygens (including phenoxy) is 1. The number of hydrogen-bond acceptors (Lipinski definition) is 3. The lowest BCUT2D eigenvalue weighted by Crippen LogP contribution is -2.39. The fraction of sp³-hybridized carbons (Fsp3) is 0.600. The van der Waals surface area contributed by atoms with Crippen LogP contribution >= 0.6 is 0 Å². The Labute approximate surface area is 110 Å². The van der Waals surface area contributed by atoms with E-state index in [0.717, 1.165) is 25.4 Å². The molecule has 1 aliphatic heterocycles. The Morgan fingerprint density at radius 3 is 2.61 bits per heavy atom. The molecule has 0 saturated carbocycles. The Balaban J connectivity index is 1.91. The van der Waals surface area contributed by atoms with Crippen molar-refractivity contribution < 1.29 is 4.74 Å². The van der Waals surface area contributed by atoms with E-state index in [2.05, 4.69) is 24.0 Å². The van der Waals surface area contributed by atoms with E-state index in [-0.39, 0.29) is 0 Å². The molecular weight excluding hydrogens is 224 g/mol.